The molecule has 0 bridgehead atoms. The number of ether oxygens (including phenoxy) is 1. The lowest BCUT2D eigenvalue weighted by Gasteiger charge is -2.19. The van der Waals surface area contributed by atoms with Gasteiger partial charge in [-0.1, -0.05) is 15.9 Å². The molecular weight excluding hydrogens is 334 g/mol. The Morgan fingerprint density at radius 3 is 2.81 bits per heavy atom. The van der Waals surface area contributed by atoms with Gasteiger partial charge in [0.05, 0.1) is 13.2 Å². The fourth-order valence-electron chi connectivity index (χ4n) is 2.21. The Kier molecular flexibility index (Phi) is 5.33. The highest BCUT2D eigenvalue weighted by molar-refractivity contribution is 9.10. The average molecular weight is 354 g/mol. The summed E-state index contributed by atoms with van der Waals surface area (Å²) in [6.07, 6.45) is 2.21. The van der Waals surface area contributed by atoms with E-state index in [-0.39, 0.29) is 12.1 Å². The van der Waals surface area contributed by atoms with Crippen molar-refractivity contribution in [1.29, 1.82) is 0 Å². The number of nitrogens with one attached hydrogen (secondary N) is 1. The number of nitrogens with zero attached hydrogens (tertiary/aromatic N) is 3. The molecule has 1 unspecified atom stereocenters. The smallest absolute Gasteiger partial charge is 0.138 e. The maximum absolute atomic E-state index is 5.74. The maximum atomic E-state index is 5.74. The third-order valence-corrected chi connectivity index (χ3v) is 4.03. The lowest BCUT2D eigenvalue weighted by molar-refractivity contribution is 0.412. The van der Waals surface area contributed by atoms with Crippen LogP contribution in [0.25, 0.3) is 0 Å². The summed E-state index contributed by atoms with van der Waals surface area (Å²) in [5.74, 6) is 7.42. The van der Waals surface area contributed by atoms with Crippen molar-refractivity contribution < 1.29 is 4.74 Å². The van der Waals surface area contributed by atoms with Crippen molar-refractivity contribution in [3.63, 3.8) is 0 Å². The minimum atomic E-state index is -0.0869. The monoisotopic (exact) mass is 353 g/mol. The van der Waals surface area contributed by atoms with Gasteiger partial charge >= 0.3 is 0 Å². The minimum absolute atomic E-state index is 0.0869. The van der Waals surface area contributed by atoms with Gasteiger partial charge in [-0.25, -0.2) is 9.67 Å². The molecule has 0 spiro atoms. The number of hydrogen-bond donors (Lipinski definition) is 2. The first-order chi connectivity index (χ1) is 10.1. The molecule has 1 aromatic carbocycles. The maximum Gasteiger partial charge on any atom is 0.138 e. The van der Waals surface area contributed by atoms with Gasteiger partial charge in [0.2, 0.25) is 0 Å². The lowest BCUT2D eigenvalue weighted by atomic mass is 10.0. The van der Waals surface area contributed by atoms with Crippen molar-refractivity contribution in [2.45, 2.75) is 32.4 Å². The summed E-state index contributed by atoms with van der Waals surface area (Å²) >= 11 is 3.56. The third-order valence-electron chi connectivity index (χ3n) is 3.30. The molecule has 114 valence electrons. The summed E-state index contributed by atoms with van der Waals surface area (Å²) in [5, 5.41) is 4.25. The predicted molar refractivity (Wildman–Crippen MR) is 84.9 cm³/mol. The van der Waals surface area contributed by atoms with Gasteiger partial charge in [-0.15, -0.1) is 0 Å². The summed E-state index contributed by atoms with van der Waals surface area (Å²) < 4.78 is 8.15. The van der Waals surface area contributed by atoms with E-state index in [4.69, 9.17) is 10.6 Å². The highest BCUT2D eigenvalue weighted by Crippen LogP contribution is 2.29. The van der Waals surface area contributed by atoms with Crippen LogP contribution in [-0.2, 0) is 6.42 Å². The number of rotatable bonds is 6. The molecule has 0 aliphatic carbocycles. The molecule has 21 heavy (non-hydrogen) atoms. The van der Waals surface area contributed by atoms with E-state index >= 15 is 0 Å². The molecule has 1 heterocycles. The van der Waals surface area contributed by atoms with E-state index < -0.39 is 0 Å². The zero-order chi connectivity index (χ0) is 15.4. The SMILES string of the molecule is COc1ccc(Br)c(C(Cc2ncnn2C(C)C)NN)c1. The molecule has 0 fully saturated rings. The molecule has 0 aliphatic heterocycles. The van der Waals surface area contributed by atoms with E-state index in [0.29, 0.717) is 6.42 Å². The second-order valence-corrected chi connectivity index (χ2v) is 5.88. The number of methoxy groups -OCH3 is 1. The Labute approximate surface area is 132 Å². The zero-order valence-corrected chi connectivity index (χ0v) is 14.0. The Morgan fingerprint density at radius 1 is 1.43 bits per heavy atom. The Bertz CT molecular complexity index is 599. The van der Waals surface area contributed by atoms with E-state index in [1.54, 1.807) is 13.4 Å². The lowest BCUT2D eigenvalue weighted by Crippen LogP contribution is -2.31. The van der Waals surface area contributed by atoms with Crippen molar-refractivity contribution in [1.82, 2.24) is 20.2 Å². The van der Waals surface area contributed by atoms with Crippen LogP contribution in [0.3, 0.4) is 0 Å². The first-order valence-electron chi connectivity index (χ1n) is 6.74. The Balaban J connectivity index is 2.30. The summed E-state index contributed by atoms with van der Waals surface area (Å²) in [7, 11) is 1.65. The van der Waals surface area contributed by atoms with Crippen LogP contribution < -0.4 is 16.0 Å². The van der Waals surface area contributed by atoms with Gasteiger partial charge in [-0.3, -0.25) is 11.3 Å². The van der Waals surface area contributed by atoms with Crippen molar-refractivity contribution in [3.8, 4) is 5.75 Å². The van der Waals surface area contributed by atoms with Crippen LogP contribution in [0.5, 0.6) is 5.75 Å². The molecule has 0 radical (unpaired) electrons. The summed E-state index contributed by atoms with van der Waals surface area (Å²) in [6, 6.07) is 5.99. The molecule has 1 aromatic heterocycles. The topological polar surface area (TPSA) is 78.0 Å². The second kappa shape index (κ2) is 7.02. The Hall–Kier alpha value is -1.44. The molecule has 7 heteroatoms. The van der Waals surface area contributed by atoms with Crippen LogP contribution >= 0.6 is 15.9 Å². The van der Waals surface area contributed by atoms with Crippen LogP contribution in [0.15, 0.2) is 29.0 Å². The molecule has 2 aromatic rings. The van der Waals surface area contributed by atoms with Crippen LogP contribution in [0.4, 0.5) is 0 Å². The molecular formula is C14H20BrN5O. The van der Waals surface area contributed by atoms with Crippen LogP contribution in [0.1, 0.15) is 37.3 Å². The quantitative estimate of drug-likeness (QED) is 0.615. The molecule has 0 saturated heterocycles. The molecule has 3 N–H and O–H groups in total. The second-order valence-electron chi connectivity index (χ2n) is 5.03. The minimum Gasteiger partial charge on any atom is -0.497 e. The number of nitrogens with two attached hydrogens (primary N) is 1. The van der Waals surface area contributed by atoms with Crippen molar-refractivity contribution in [2.75, 3.05) is 7.11 Å². The molecule has 2 rings (SSSR count). The van der Waals surface area contributed by atoms with E-state index in [9.17, 15) is 0 Å². The summed E-state index contributed by atoms with van der Waals surface area (Å²) in [5.41, 5.74) is 3.87. The standard InChI is InChI=1S/C14H20BrN5O/c1-9(2)20-14(17-8-18-20)7-13(19-16)11-6-10(21-3)4-5-12(11)15/h4-6,8-9,13,19H,7,16H2,1-3H3. The van der Waals surface area contributed by atoms with Crippen LogP contribution in [0.2, 0.25) is 0 Å². The average Bonchev–Trinajstić information content (AvgIpc) is 2.94. The van der Waals surface area contributed by atoms with E-state index in [1.165, 1.54) is 0 Å². The molecule has 0 aliphatic rings. The van der Waals surface area contributed by atoms with Gasteiger partial charge in [0.15, 0.2) is 0 Å². The third kappa shape index (κ3) is 3.61. The normalized spacial score (nSPS) is 12.7. The number of aromatic nitrogens is 3. The molecule has 0 amide bonds. The van der Waals surface area contributed by atoms with Crippen molar-refractivity contribution in [2.24, 2.45) is 5.84 Å². The summed E-state index contributed by atoms with van der Waals surface area (Å²) in [4.78, 5) is 4.33. The van der Waals surface area contributed by atoms with Crippen molar-refractivity contribution >= 4 is 15.9 Å². The fourth-order valence-corrected chi connectivity index (χ4v) is 2.73. The fraction of sp³-hybridized carbons (Fsp3) is 0.429. The number of hydrazine groups is 1. The largest absolute Gasteiger partial charge is 0.497 e. The van der Waals surface area contributed by atoms with Gasteiger partial charge in [0.25, 0.3) is 0 Å². The van der Waals surface area contributed by atoms with E-state index in [1.807, 2.05) is 22.9 Å². The number of halogens is 1. The molecule has 6 nitrogen and oxygen atoms in total. The highest BCUT2D eigenvalue weighted by Gasteiger charge is 2.18. The van der Waals surface area contributed by atoms with E-state index in [0.717, 1.165) is 21.6 Å². The van der Waals surface area contributed by atoms with Gasteiger partial charge in [0.1, 0.15) is 17.9 Å². The first kappa shape index (κ1) is 15.9. The number of hydrogen-bond acceptors (Lipinski definition) is 5. The van der Waals surface area contributed by atoms with Crippen LogP contribution in [0, 0.1) is 0 Å². The number of benzene rings is 1. The zero-order valence-electron chi connectivity index (χ0n) is 12.4. The molecule has 0 saturated carbocycles. The van der Waals surface area contributed by atoms with Gasteiger partial charge in [0, 0.05) is 16.9 Å². The van der Waals surface area contributed by atoms with Crippen molar-refractivity contribution in [3.05, 3.63) is 40.4 Å². The van der Waals surface area contributed by atoms with Gasteiger partial charge in [-0.2, -0.15) is 5.10 Å². The Morgan fingerprint density at radius 2 is 2.19 bits per heavy atom. The summed E-state index contributed by atoms with van der Waals surface area (Å²) in [6.45, 7) is 4.15. The van der Waals surface area contributed by atoms with Crippen LogP contribution in [-0.4, -0.2) is 21.9 Å². The predicted octanol–water partition coefficient (Wildman–Crippen LogP) is 2.38. The first-order valence-corrected chi connectivity index (χ1v) is 7.54. The highest BCUT2D eigenvalue weighted by atomic mass is 79.9. The van der Waals surface area contributed by atoms with Gasteiger partial charge in [-0.05, 0) is 37.6 Å². The van der Waals surface area contributed by atoms with Gasteiger partial charge < -0.3 is 4.74 Å². The molecule has 1 atom stereocenters. The van der Waals surface area contributed by atoms with E-state index in [2.05, 4.69) is 45.3 Å².